The van der Waals surface area contributed by atoms with Crippen LogP contribution in [0.3, 0.4) is 0 Å². The van der Waals surface area contributed by atoms with Gasteiger partial charge in [0, 0.05) is 31.1 Å². The molecule has 1 amide bonds. The van der Waals surface area contributed by atoms with Crippen LogP contribution in [-0.4, -0.2) is 42.8 Å². The van der Waals surface area contributed by atoms with Gasteiger partial charge in [-0.05, 0) is 30.5 Å². The number of fused-ring (bicyclic) bond motifs is 1. The van der Waals surface area contributed by atoms with Crippen molar-refractivity contribution >= 4 is 22.8 Å². The van der Waals surface area contributed by atoms with E-state index in [0.717, 1.165) is 35.3 Å². The SMILES string of the molecule is O=C1C[C@@H](Nc2ncnc3[nH]ccc23)[C@H](c2cccnc2)N1C1CC1. The Bertz CT molecular complexity index is 919. The lowest BCUT2D eigenvalue weighted by molar-refractivity contribution is -0.129. The number of hydrogen-bond donors (Lipinski definition) is 2. The van der Waals surface area contributed by atoms with E-state index in [1.807, 2.05) is 35.5 Å². The van der Waals surface area contributed by atoms with Crippen LogP contribution in [0.2, 0.25) is 0 Å². The fourth-order valence-corrected chi connectivity index (χ4v) is 3.77. The van der Waals surface area contributed by atoms with Crippen LogP contribution in [0.4, 0.5) is 5.82 Å². The average Bonchev–Trinajstić information content (AvgIpc) is 3.25. The molecule has 0 spiro atoms. The molecule has 1 saturated carbocycles. The van der Waals surface area contributed by atoms with Gasteiger partial charge in [-0.15, -0.1) is 0 Å². The van der Waals surface area contributed by atoms with Gasteiger partial charge < -0.3 is 15.2 Å². The summed E-state index contributed by atoms with van der Waals surface area (Å²) in [5.74, 6) is 0.962. The van der Waals surface area contributed by atoms with Crippen LogP contribution < -0.4 is 5.32 Å². The van der Waals surface area contributed by atoms with E-state index in [-0.39, 0.29) is 18.0 Å². The second-order valence-electron chi connectivity index (χ2n) is 6.68. The number of aromatic nitrogens is 4. The highest BCUT2D eigenvalue weighted by molar-refractivity contribution is 5.88. The Labute approximate surface area is 144 Å². The van der Waals surface area contributed by atoms with E-state index >= 15 is 0 Å². The van der Waals surface area contributed by atoms with Gasteiger partial charge in [0.2, 0.25) is 5.91 Å². The summed E-state index contributed by atoms with van der Waals surface area (Å²) in [5, 5.41) is 4.44. The molecule has 0 unspecified atom stereocenters. The Kier molecular flexibility index (Phi) is 3.19. The van der Waals surface area contributed by atoms with Crippen molar-refractivity contribution in [2.24, 2.45) is 0 Å². The molecule has 3 aromatic rings. The van der Waals surface area contributed by atoms with Crippen molar-refractivity contribution in [3.8, 4) is 0 Å². The predicted octanol–water partition coefficient (Wildman–Crippen LogP) is 2.27. The lowest BCUT2D eigenvalue weighted by Crippen LogP contribution is -2.34. The molecule has 126 valence electrons. The molecule has 2 aliphatic rings. The van der Waals surface area contributed by atoms with E-state index in [9.17, 15) is 4.79 Å². The first-order valence-electron chi connectivity index (χ1n) is 8.57. The molecule has 25 heavy (non-hydrogen) atoms. The number of hydrogen-bond acceptors (Lipinski definition) is 5. The number of carbonyl (C=O) groups is 1. The van der Waals surface area contributed by atoms with Gasteiger partial charge in [-0.2, -0.15) is 0 Å². The van der Waals surface area contributed by atoms with Crippen molar-refractivity contribution in [2.75, 3.05) is 5.32 Å². The van der Waals surface area contributed by atoms with Crippen molar-refractivity contribution < 1.29 is 4.79 Å². The third-order valence-electron chi connectivity index (χ3n) is 5.01. The summed E-state index contributed by atoms with van der Waals surface area (Å²) in [7, 11) is 0. The normalized spacial score (nSPS) is 23.4. The van der Waals surface area contributed by atoms with E-state index in [4.69, 9.17) is 0 Å². The molecule has 0 bridgehead atoms. The van der Waals surface area contributed by atoms with E-state index < -0.39 is 0 Å². The fraction of sp³-hybridized carbons (Fsp3) is 0.333. The molecule has 7 heteroatoms. The van der Waals surface area contributed by atoms with E-state index in [2.05, 4.69) is 25.3 Å². The number of H-pyrrole nitrogens is 1. The van der Waals surface area contributed by atoms with Crippen molar-refractivity contribution in [3.63, 3.8) is 0 Å². The maximum absolute atomic E-state index is 12.7. The molecule has 2 N–H and O–H groups in total. The number of amides is 1. The molecule has 0 aromatic carbocycles. The highest BCUT2D eigenvalue weighted by atomic mass is 16.2. The van der Waals surface area contributed by atoms with Gasteiger partial charge >= 0.3 is 0 Å². The third-order valence-corrected chi connectivity index (χ3v) is 5.01. The second-order valence-corrected chi connectivity index (χ2v) is 6.68. The minimum absolute atomic E-state index is 0.0161. The molecule has 2 atom stereocenters. The molecule has 0 radical (unpaired) electrons. The van der Waals surface area contributed by atoms with Gasteiger partial charge in [0.05, 0.1) is 17.5 Å². The lowest BCUT2D eigenvalue weighted by Gasteiger charge is -2.29. The molecule has 1 aliphatic carbocycles. The monoisotopic (exact) mass is 334 g/mol. The zero-order valence-electron chi connectivity index (χ0n) is 13.6. The minimum atomic E-state index is -0.0368. The second kappa shape index (κ2) is 5.54. The Morgan fingerprint density at radius 3 is 2.96 bits per heavy atom. The zero-order chi connectivity index (χ0) is 16.8. The summed E-state index contributed by atoms with van der Waals surface area (Å²) in [4.78, 5) is 30.7. The summed E-state index contributed by atoms with van der Waals surface area (Å²) >= 11 is 0. The largest absolute Gasteiger partial charge is 0.364 e. The molecule has 4 heterocycles. The highest BCUT2D eigenvalue weighted by Gasteiger charge is 2.47. The van der Waals surface area contributed by atoms with Crippen LogP contribution in [0.5, 0.6) is 0 Å². The van der Waals surface area contributed by atoms with Gasteiger partial charge in [0.1, 0.15) is 17.8 Å². The first kappa shape index (κ1) is 14.4. The van der Waals surface area contributed by atoms with E-state index in [1.54, 1.807) is 6.20 Å². The predicted molar refractivity (Wildman–Crippen MR) is 92.8 cm³/mol. The number of carbonyl (C=O) groups excluding carboxylic acids is 1. The first-order chi connectivity index (χ1) is 12.3. The average molecular weight is 334 g/mol. The van der Waals surface area contributed by atoms with Crippen LogP contribution in [0, 0.1) is 0 Å². The number of anilines is 1. The van der Waals surface area contributed by atoms with Crippen molar-refractivity contribution in [1.82, 2.24) is 24.8 Å². The highest BCUT2D eigenvalue weighted by Crippen LogP contribution is 2.42. The smallest absolute Gasteiger partial charge is 0.225 e. The minimum Gasteiger partial charge on any atom is -0.364 e. The Morgan fingerprint density at radius 2 is 2.16 bits per heavy atom. The topological polar surface area (TPSA) is 86.8 Å². The first-order valence-corrected chi connectivity index (χ1v) is 8.57. The number of likely N-dealkylation sites (tertiary alicyclic amines) is 1. The quantitative estimate of drug-likeness (QED) is 0.764. The number of pyridine rings is 1. The fourth-order valence-electron chi connectivity index (χ4n) is 3.77. The molecule has 3 aromatic heterocycles. The van der Waals surface area contributed by atoms with Gasteiger partial charge in [-0.1, -0.05) is 6.07 Å². The van der Waals surface area contributed by atoms with Crippen LogP contribution in [0.15, 0.2) is 43.1 Å². The van der Waals surface area contributed by atoms with E-state index in [0.29, 0.717) is 12.5 Å². The summed E-state index contributed by atoms with van der Waals surface area (Å²) in [6.07, 6.45) is 9.65. The lowest BCUT2D eigenvalue weighted by atomic mass is 10.0. The van der Waals surface area contributed by atoms with Gasteiger partial charge in [0.15, 0.2) is 0 Å². The summed E-state index contributed by atoms with van der Waals surface area (Å²) in [5.41, 5.74) is 1.86. The Hall–Kier alpha value is -2.96. The molecule has 5 rings (SSSR count). The Balaban J connectivity index is 1.52. The number of rotatable bonds is 4. The van der Waals surface area contributed by atoms with Gasteiger partial charge in [-0.3, -0.25) is 9.78 Å². The number of nitrogens with zero attached hydrogens (tertiary/aromatic N) is 4. The van der Waals surface area contributed by atoms with Crippen LogP contribution in [-0.2, 0) is 4.79 Å². The molecule has 1 saturated heterocycles. The maximum Gasteiger partial charge on any atom is 0.225 e. The van der Waals surface area contributed by atoms with Crippen LogP contribution in [0.1, 0.15) is 30.9 Å². The van der Waals surface area contributed by atoms with E-state index in [1.165, 1.54) is 6.33 Å². The summed E-state index contributed by atoms with van der Waals surface area (Å²) < 4.78 is 0. The van der Waals surface area contributed by atoms with Crippen LogP contribution in [0.25, 0.3) is 11.0 Å². The van der Waals surface area contributed by atoms with Crippen LogP contribution >= 0.6 is 0 Å². The maximum atomic E-state index is 12.7. The molecule has 1 aliphatic heterocycles. The molecular weight excluding hydrogens is 316 g/mol. The zero-order valence-corrected chi connectivity index (χ0v) is 13.6. The molecule has 2 fully saturated rings. The standard InChI is InChI=1S/C18H18N6O/c25-15-8-14(23-18-13-5-7-20-17(13)21-10-22-18)16(24(15)12-3-4-12)11-2-1-6-19-9-11/h1-2,5-7,9-10,12,14,16H,3-4,8H2,(H2,20,21,22,23)/t14-,16+/m1/s1. The third kappa shape index (κ3) is 2.43. The van der Waals surface area contributed by atoms with Gasteiger partial charge in [0.25, 0.3) is 0 Å². The molecule has 7 nitrogen and oxygen atoms in total. The van der Waals surface area contributed by atoms with Crippen molar-refractivity contribution in [3.05, 3.63) is 48.7 Å². The van der Waals surface area contributed by atoms with Gasteiger partial charge in [-0.25, -0.2) is 9.97 Å². The van der Waals surface area contributed by atoms with Crippen molar-refractivity contribution in [1.29, 1.82) is 0 Å². The Morgan fingerprint density at radius 1 is 1.24 bits per heavy atom. The number of aromatic amines is 1. The summed E-state index contributed by atoms with van der Waals surface area (Å²) in [6, 6.07) is 6.23. The summed E-state index contributed by atoms with van der Waals surface area (Å²) in [6.45, 7) is 0. The molecular formula is C18H18N6O. The van der Waals surface area contributed by atoms with Crippen molar-refractivity contribution in [2.45, 2.75) is 37.4 Å². The number of nitrogens with one attached hydrogen (secondary N) is 2.